The molecule has 1 saturated carbocycles. The lowest BCUT2D eigenvalue weighted by atomic mass is 9.92. The Morgan fingerprint density at radius 3 is 2.93 bits per heavy atom. The van der Waals surface area contributed by atoms with Gasteiger partial charge in [-0.25, -0.2) is 9.97 Å². The van der Waals surface area contributed by atoms with Crippen LogP contribution in [-0.2, 0) is 9.47 Å². The van der Waals surface area contributed by atoms with Gasteiger partial charge in [-0.15, -0.1) is 11.3 Å². The second-order valence-electron chi connectivity index (χ2n) is 6.94. The Balaban J connectivity index is 1.44. The summed E-state index contributed by atoms with van der Waals surface area (Å²) < 4.78 is 13.6. The van der Waals surface area contributed by atoms with E-state index in [1.165, 1.54) is 0 Å². The summed E-state index contributed by atoms with van der Waals surface area (Å²) in [4.78, 5) is 21.7. The van der Waals surface area contributed by atoms with Crippen molar-refractivity contribution in [2.24, 2.45) is 0 Å². The summed E-state index contributed by atoms with van der Waals surface area (Å²) in [5, 5.41) is 5.18. The predicted molar refractivity (Wildman–Crippen MR) is 108 cm³/mol. The van der Waals surface area contributed by atoms with Crippen molar-refractivity contribution in [3.8, 4) is 5.82 Å². The Kier molecular flexibility index (Phi) is 5.99. The minimum Gasteiger partial charge on any atom is -0.382 e. The third kappa shape index (κ3) is 4.24. The number of methoxy groups -OCH3 is 1. The molecule has 0 saturated heterocycles. The van der Waals surface area contributed by atoms with E-state index < -0.39 is 0 Å². The summed E-state index contributed by atoms with van der Waals surface area (Å²) >= 11 is 1.54. The molecule has 8 heteroatoms. The van der Waals surface area contributed by atoms with Crippen LogP contribution in [-0.4, -0.2) is 52.9 Å². The molecule has 148 valence electrons. The molecular weight excluding hydrogens is 376 g/mol. The molecule has 1 fully saturated rings. The first-order valence-corrected chi connectivity index (χ1v) is 10.4. The quantitative estimate of drug-likeness (QED) is 0.616. The summed E-state index contributed by atoms with van der Waals surface area (Å²) in [6.07, 6.45) is 9.25. The van der Waals surface area contributed by atoms with E-state index in [4.69, 9.17) is 9.47 Å². The number of aromatic nitrogens is 3. The van der Waals surface area contributed by atoms with Crippen molar-refractivity contribution >= 4 is 27.5 Å². The zero-order chi connectivity index (χ0) is 19.3. The number of hydrogen-bond acceptors (Lipinski definition) is 6. The van der Waals surface area contributed by atoms with Crippen molar-refractivity contribution in [2.45, 2.75) is 37.8 Å². The lowest BCUT2D eigenvalue weighted by Gasteiger charge is -2.29. The van der Waals surface area contributed by atoms with Crippen molar-refractivity contribution in [1.29, 1.82) is 0 Å². The molecule has 0 radical (unpaired) electrons. The van der Waals surface area contributed by atoms with E-state index in [0.29, 0.717) is 24.6 Å². The van der Waals surface area contributed by atoms with Gasteiger partial charge in [0.15, 0.2) is 0 Å². The molecule has 1 N–H and O–H groups in total. The SMILES string of the molecule is COCCO[C@H]1CC[C@H](NC(=O)c2cc(-n3ccnc3)nc3ccsc23)CC1. The molecule has 3 heterocycles. The third-order valence-corrected chi connectivity index (χ3v) is 6.00. The highest BCUT2D eigenvalue weighted by Crippen LogP contribution is 2.27. The van der Waals surface area contributed by atoms with Crippen LogP contribution in [0.3, 0.4) is 0 Å². The number of thiophene rings is 1. The molecule has 1 aliphatic rings. The van der Waals surface area contributed by atoms with Crippen molar-refractivity contribution in [2.75, 3.05) is 20.3 Å². The fourth-order valence-electron chi connectivity index (χ4n) is 3.57. The van der Waals surface area contributed by atoms with Crippen LogP contribution in [0.25, 0.3) is 16.0 Å². The number of carbonyl (C=O) groups is 1. The molecule has 28 heavy (non-hydrogen) atoms. The van der Waals surface area contributed by atoms with E-state index >= 15 is 0 Å². The minimum absolute atomic E-state index is 0.0417. The number of ether oxygens (including phenoxy) is 2. The Morgan fingerprint density at radius 1 is 1.32 bits per heavy atom. The summed E-state index contributed by atoms with van der Waals surface area (Å²) in [6.45, 7) is 1.25. The van der Waals surface area contributed by atoms with E-state index in [0.717, 1.165) is 35.9 Å². The van der Waals surface area contributed by atoms with Crippen molar-refractivity contribution in [1.82, 2.24) is 19.9 Å². The summed E-state index contributed by atoms with van der Waals surface area (Å²) in [7, 11) is 1.68. The van der Waals surface area contributed by atoms with Gasteiger partial charge in [-0.2, -0.15) is 0 Å². The zero-order valence-electron chi connectivity index (χ0n) is 15.8. The fraction of sp³-hybridized carbons (Fsp3) is 0.450. The smallest absolute Gasteiger partial charge is 0.253 e. The van der Waals surface area contributed by atoms with Gasteiger partial charge < -0.3 is 14.8 Å². The third-order valence-electron chi connectivity index (χ3n) is 5.06. The highest BCUT2D eigenvalue weighted by Gasteiger charge is 2.24. The molecule has 0 unspecified atom stereocenters. The first kappa shape index (κ1) is 19.0. The first-order valence-electron chi connectivity index (χ1n) is 9.52. The Hall–Kier alpha value is -2.29. The maximum absolute atomic E-state index is 13.0. The lowest BCUT2D eigenvalue weighted by Crippen LogP contribution is -2.39. The van der Waals surface area contributed by atoms with Gasteiger partial charge in [0, 0.05) is 25.5 Å². The largest absolute Gasteiger partial charge is 0.382 e. The number of nitrogens with zero attached hydrogens (tertiary/aromatic N) is 3. The number of fused-ring (bicyclic) bond motifs is 1. The van der Waals surface area contributed by atoms with Gasteiger partial charge in [-0.05, 0) is 43.2 Å². The average Bonchev–Trinajstić information content (AvgIpc) is 3.40. The van der Waals surface area contributed by atoms with Crippen LogP contribution >= 0.6 is 11.3 Å². The number of amides is 1. The molecule has 7 nitrogen and oxygen atoms in total. The zero-order valence-corrected chi connectivity index (χ0v) is 16.7. The van der Waals surface area contributed by atoms with Gasteiger partial charge >= 0.3 is 0 Å². The van der Waals surface area contributed by atoms with Gasteiger partial charge in [-0.1, -0.05) is 0 Å². The van der Waals surface area contributed by atoms with Crippen LogP contribution in [0.4, 0.5) is 0 Å². The Bertz CT molecular complexity index is 917. The number of pyridine rings is 1. The van der Waals surface area contributed by atoms with Gasteiger partial charge in [0.2, 0.25) is 0 Å². The average molecular weight is 401 g/mol. The highest BCUT2D eigenvalue weighted by molar-refractivity contribution is 7.17. The molecule has 4 rings (SSSR count). The molecule has 1 aliphatic carbocycles. The van der Waals surface area contributed by atoms with Crippen molar-refractivity contribution in [3.05, 3.63) is 41.8 Å². The first-order chi connectivity index (χ1) is 13.7. The number of rotatable bonds is 7. The molecular formula is C20H24N4O3S. The topological polar surface area (TPSA) is 78.3 Å². The van der Waals surface area contributed by atoms with Crippen LogP contribution in [0.15, 0.2) is 36.2 Å². The van der Waals surface area contributed by atoms with E-state index in [1.807, 2.05) is 28.3 Å². The van der Waals surface area contributed by atoms with Gasteiger partial charge in [0.05, 0.1) is 35.1 Å². The maximum atomic E-state index is 13.0. The molecule has 3 aromatic rings. The van der Waals surface area contributed by atoms with E-state index in [1.54, 1.807) is 31.0 Å². The second kappa shape index (κ2) is 8.81. The van der Waals surface area contributed by atoms with E-state index in [9.17, 15) is 4.79 Å². The highest BCUT2D eigenvalue weighted by atomic mass is 32.1. The van der Waals surface area contributed by atoms with Crippen molar-refractivity contribution < 1.29 is 14.3 Å². The predicted octanol–water partition coefficient (Wildman–Crippen LogP) is 3.19. The van der Waals surface area contributed by atoms with Crippen LogP contribution in [0.1, 0.15) is 36.0 Å². The van der Waals surface area contributed by atoms with Gasteiger partial charge in [-0.3, -0.25) is 9.36 Å². The molecule has 0 aliphatic heterocycles. The molecule has 0 aromatic carbocycles. The van der Waals surface area contributed by atoms with Crippen LogP contribution in [0.5, 0.6) is 0 Å². The minimum atomic E-state index is -0.0417. The Morgan fingerprint density at radius 2 is 2.18 bits per heavy atom. The maximum Gasteiger partial charge on any atom is 0.253 e. The molecule has 0 atom stereocenters. The number of hydrogen-bond donors (Lipinski definition) is 1. The van der Waals surface area contributed by atoms with Gasteiger partial charge in [0.25, 0.3) is 5.91 Å². The Labute approximate surface area is 167 Å². The fourth-order valence-corrected chi connectivity index (χ4v) is 4.42. The lowest BCUT2D eigenvalue weighted by molar-refractivity contribution is -0.00408. The summed E-state index contributed by atoms with van der Waals surface area (Å²) in [5.74, 6) is 0.656. The number of imidazole rings is 1. The van der Waals surface area contributed by atoms with E-state index in [-0.39, 0.29) is 18.1 Å². The summed E-state index contributed by atoms with van der Waals surface area (Å²) in [6, 6.07) is 3.96. The number of nitrogens with one attached hydrogen (secondary N) is 1. The normalized spacial score (nSPS) is 19.8. The molecule has 1 amide bonds. The summed E-state index contributed by atoms with van der Waals surface area (Å²) in [5.41, 5.74) is 1.50. The molecule has 0 spiro atoms. The monoisotopic (exact) mass is 400 g/mol. The van der Waals surface area contributed by atoms with Crippen LogP contribution in [0.2, 0.25) is 0 Å². The standard InChI is InChI=1S/C20H24N4O3S/c1-26-9-10-27-15-4-2-14(3-5-15)22-20(25)16-12-18(24-8-7-21-13-24)23-17-6-11-28-19(16)17/h6-8,11-15H,2-5,9-10H2,1H3,(H,22,25)/t14-,15-. The van der Waals surface area contributed by atoms with Crippen molar-refractivity contribution in [3.63, 3.8) is 0 Å². The molecule has 0 bridgehead atoms. The number of carbonyl (C=O) groups excluding carboxylic acids is 1. The van der Waals surface area contributed by atoms with Crippen LogP contribution in [0, 0.1) is 0 Å². The van der Waals surface area contributed by atoms with Crippen LogP contribution < -0.4 is 5.32 Å². The van der Waals surface area contributed by atoms with E-state index in [2.05, 4.69) is 15.3 Å². The molecule has 3 aromatic heterocycles. The van der Waals surface area contributed by atoms with Gasteiger partial charge in [0.1, 0.15) is 12.1 Å². The second-order valence-corrected chi connectivity index (χ2v) is 7.86.